The minimum absolute atomic E-state index is 0.236. The van der Waals surface area contributed by atoms with E-state index in [2.05, 4.69) is 17.6 Å². The molecule has 0 aliphatic carbocycles. The molecule has 0 aromatic carbocycles. The van der Waals surface area contributed by atoms with Crippen molar-refractivity contribution in [3.63, 3.8) is 0 Å². The third-order valence-corrected chi connectivity index (χ3v) is 2.93. The minimum atomic E-state index is 0.236. The summed E-state index contributed by atoms with van der Waals surface area (Å²) in [5.74, 6) is 0.236. The predicted molar refractivity (Wildman–Crippen MR) is 62.8 cm³/mol. The van der Waals surface area contributed by atoms with E-state index in [9.17, 15) is 4.79 Å². The first-order chi connectivity index (χ1) is 7.33. The summed E-state index contributed by atoms with van der Waals surface area (Å²) < 4.78 is 0. The van der Waals surface area contributed by atoms with Crippen LogP contribution in [-0.4, -0.2) is 25.0 Å². The number of hydrogen-bond acceptors (Lipinski definition) is 2. The van der Waals surface area contributed by atoms with E-state index in [1.807, 2.05) is 0 Å². The van der Waals surface area contributed by atoms with Gasteiger partial charge in [-0.25, -0.2) is 0 Å². The van der Waals surface area contributed by atoms with E-state index < -0.39 is 0 Å². The van der Waals surface area contributed by atoms with Crippen LogP contribution < -0.4 is 10.6 Å². The third-order valence-electron chi connectivity index (χ3n) is 2.93. The molecule has 2 N–H and O–H groups in total. The van der Waals surface area contributed by atoms with Crippen molar-refractivity contribution in [2.45, 2.75) is 57.9 Å². The van der Waals surface area contributed by atoms with Crippen molar-refractivity contribution in [1.29, 1.82) is 0 Å². The van der Waals surface area contributed by atoms with Crippen molar-refractivity contribution < 1.29 is 4.79 Å². The fourth-order valence-electron chi connectivity index (χ4n) is 1.97. The van der Waals surface area contributed by atoms with Gasteiger partial charge in [0.05, 0.1) is 0 Å². The Labute approximate surface area is 93.0 Å². The van der Waals surface area contributed by atoms with Gasteiger partial charge in [0, 0.05) is 19.0 Å². The SMILES string of the molecule is CCCCCCCC(=O)NC1CCNC1. The first kappa shape index (κ1) is 12.5. The number of nitrogens with one attached hydrogen (secondary N) is 2. The molecular formula is C12H24N2O. The van der Waals surface area contributed by atoms with Gasteiger partial charge in [-0.2, -0.15) is 0 Å². The van der Waals surface area contributed by atoms with E-state index in [1.54, 1.807) is 0 Å². The first-order valence-corrected chi connectivity index (χ1v) is 6.33. The number of amides is 1. The van der Waals surface area contributed by atoms with Gasteiger partial charge in [-0.1, -0.05) is 32.6 Å². The Morgan fingerprint density at radius 2 is 2.13 bits per heavy atom. The van der Waals surface area contributed by atoms with Crippen molar-refractivity contribution in [2.24, 2.45) is 0 Å². The van der Waals surface area contributed by atoms with Crippen molar-refractivity contribution in [3.05, 3.63) is 0 Å². The zero-order valence-electron chi connectivity index (χ0n) is 9.85. The molecule has 0 radical (unpaired) electrons. The Bertz CT molecular complexity index is 176. The predicted octanol–water partition coefficient (Wildman–Crippen LogP) is 1.82. The molecule has 1 aliphatic heterocycles. The summed E-state index contributed by atoms with van der Waals surface area (Å²) in [6.45, 7) is 4.20. The van der Waals surface area contributed by atoms with E-state index in [0.29, 0.717) is 12.5 Å². The van der Waals surface area contributed by atoms with Gasteiger partial charge >= 0.3 is 0 Å². The molecule has 0 spiro atoms. The maximum atomic E-state index is 11.5. The third kappa shape index (κ3) is 5.78. The highest BCUT2D eigenvalue weighted by Gasteiger charge is 2.15. The molecule has 1 saturated heterocycles. The van der Waals surface area contributed by atoms with Crippen LogP contribution in [0, 0.1) is 0 Å². The fraction of sp³-hybridized carbons (Fsp3) is 0.917. The molecule has 0 aromatic heterocycles. The van der Waals surface area contributed by atoms with Crippen LogP contribution in [0.15, 0.2) is 0 Å². The molecular weight excluding hydrogens is 188 g/mol. The molecule has 1 aliphatic rings. The lowest BCUT2D eigenvalue weighted by Crippen LogP contribution is -2.35. The van der Waals surface area contributed by atoms with Gasteiger partial charge in [0.25, 0.3) is 0 Å². The summed E-state index contributed by atoms with van der Waals surface area (Å²) >= 11 is 0. The number of hydrogen-bond donors (Lipinski definition) is 2. The second kappa shape index (κ2) is 7.69. The highest BCUT2D eigenvalue weighted by molar-refractivity contribution is 5.76. The Balaban J connectivity index is 1.93. The summed E-state index contributed by atoms with van der Waals surface area (Å²) in [6, 6.07) is 0.383. The Hall–Kier alpha value is -0.570. The van der Waals surface area contributed by atoms with Crippen molar-refractivity contribution in [2.75, 3.05) is 13.1 Å². The quantitative estimate of drug-likeness (QED) is 0.632. The van der Waals surface area contributed by atoms with Gasteiger partial charge in [-0.15, -0.1) is 0 Å². The van der Waals surface area contributed by atoms with Crippen LogP contribution in [0.5, 0.6) is 0 Å². The average Bonchev–Trinajstić information content (AvgIpc) is 2.70. The van der Waals surface area contributed by atoms with Gasteiger partial charge < -0.3 is 10.6 Å². The number of carbonyl (C=O) groups excluding carboxylic acids is 1. The summed E-state index contributed by atoms with van der Waals surface area (Å²) in [7, 11) is 0. The molecule has 3 nitrogen and oxygen atoms in total. The van der Waals surface area contributed by atoms with Crippen LogP contribution >= 0.6 is 0 Å². The molecule has 0 bridgehead atoms. The van der Waals surface area contributed by atoms with E-state index in [0.717, 1.165) is 25.9 Å². The molecule has 1 fully saturated rings. The highest BCUT2D eigenvalue weighted by atomic mass is 16.1. The van der Waals surface area contributed by atoms with Gasteiger partial charge in [0.2, 0.25) is 5.91 Å². The molecule has 1 atom stereocenters. The van der Waals surface area contributed by atoms with Gasteiger partial charge in [-0.3, -0.25) is 4.79 Å². The van der Waals surface area contributed by atoms with E-state index in [4.69, 9.17) is 0 Å². The van der Waals surface area contributed by atoms with Crippen molar-refractivity contribution in [3.8, 4) is 0 Å². The summed E-state index contributed by atoms with van der Waals surface area (Å²) in [6.07, 6.45) is 7.88. The maximum absolute atomic E-state index is 11.5. The van der Waals surface area contributed by atoms with Gasteiger partial charge in [0.15, 0.2) is 0 Å². The molecule has 1 amide bonds. The van der Waals surface area contributed by atoms with E-state index >= 15 is 0 Å². The standard InChI is InChI=1S/C12H24N2O/c1-2-3-4-5-6-7-12(15)14-11-8-9-13-10-11/h11,13H,2-10H2,1H3,(H,14,15). The Morgan fingerprint density at radius 3 is 2.80 bits per heavy atom. The van der Waals surface area contributed by atoms with Crippen LogP contribution in [0.4, 0.5) is 0 Å². The molecule has 88 valence electrons. The van der Waals surface area contributed by atoms with Crippen LogP contribution in [0.1, 0.15) is 51.9 Å². The largest absolute Gasteiger partial charge is 0.352 e. The Kier molecular flexibility index (Phi) is 6.41. The lowest BCUT2D eigenvalue weighted by atomic mass is 10.1. The molecule has 15 heavy (non-hydrogen) atoms. The van der Waals surface area contributed by atoms with Crippen molar-refractivity contribution in [1.82, 2.24) is 10.6 Å². The molecule has 3 heteroatoms. The Morgan fingerprint density at radius 1 is 1.33 bits per heavy atom. The summed E-state index contributed by atoms with van der Waals surface area (Å²) in [4.78, 5) is 11.5. The lowest BCUT2D eigenvalue weighted by Gasteiger charge is -2.10. The lowest BCUT2D eigenvalue weighted by molar-refractivity contribution is -0.121. The van der Waals surface area contributed by atoms with Crippen molar-refractivity contribution >= 4 is 5.91 Å². The molecule has 0 aromatic rings. The average molecular weight is 212 g/mol. The minimum Gasteiger partial charge on any atom is -0.352 e. The van der Waals surface area contributed by atoms with Gasteiger partial charge in [-0.05, 0) is 19.4 Å². The van der Waals surface area contributed by atoms with Crippen LogP contribution in [-0.2, 0) is 4.79 Å². The first-order valence-electron chi connectivity index (χ1n) is 6.33. The number of unbranched alkanes of at least 4 members (excludes halogenated alkanes) is 4. The second-order valence-corrected chi connectivity index (χ2v) is 4.42. The van der Waals surface area contributed by atoms with Crippen LogP contribution in [0.25, 0.3) is 0 Å². The number of carbonyl (C=O) groups is 1. The van der Waals surface area contributed by atoms with Crippen LogP contribution in [0.3, 0.4) is 0 Å². The summed E-state index contributed by atoms with van der Waals surface area (Å²) in [5, 5.41) is 6.32. The van der Waals surface area contributed by atoms with Gasteiger partial charge in [0.1, 0.15) is 0 Å². The molecule has 1 unspecified atom stereocenters. The second-order valence-electron chi connectivity index (χ2n) is 4.42. The van der Waals surface area contributed by atoms with Crippen LogP contribution in [0.2, 0.25) is 0 Å². The smallest absolute Gasteiger partial charge is 0.220 e. The number of rotatable bonds is 7. The van der Waals surface area contributed by atoms with E-state index in [1.165, 1.54) is 25.7 Å². The highest BCUT2D eigenvalue weighted by Crippen LogP contribution is 2.05. The topological polar surface area (TPSA) is 41.1 Å². The maximum Gasteiger partial charge on any atom is 0.220 e. The zero-order chi connectivity index (χ0) is 10.9. The monoisotopic (exact) mass is 212 g/mol. The summed E-state index contributed by atoms with van der Waals surface area (Å²) in [5.41, 5.74) is 0. The molecule has 1 rings (SSSR count). The molecule has 0 saturated carbocycles. The molecule has 1 heterocycles. The zero-order valence-corrected chi connectivity index (χ0v) is 9.85. The normalized spacial score (nSPS) is 20.5. The van der Waals surface area contributed by atoms with E-state index in [-0.39, 0.29) is 5.91 Å². The fourth-order valence-corrected chi connectivity index (χ4v) is 1.97.